The van der Waals surface area contributed by atoms with Gasteiger partial charge in [0.25, 0.3) is 0 Å². The third kappa shape index (κ3) is 11.1. The standard InChI is InChI=1S/C20H38N4O.HI/c1-6-17(4)22-20(21-14-13-19-12-10-16-25-19)23-18(5)11-9-15-24(7-2)8-3;/h10,12,16-18H,6-9,11,13-15H2,1-5H3,(H2,21,22,23);1H. The van der Waals surface area contributed by atoms with E-state index in [1.807, 2.05) is 12.1 Å². The fourth-order valence-corrected chi connectivity index (χ4v) is 2.67. The summed E-state index contributed by atoms with van der Waals surface area (Å²) in [7, 11) is 0. The van der Waals surface area contributed by atoms with Gasteiger partial charge >= 0.3 is 0 Å². The lowest BCUT2D eigenvalue weighted by Crippen LogP contribution is -2.46. The Labute approximate surface area is 177 Å². The Hall–Kier alpha value is -0.760. The Bertz CT molecular complexity index is 460. The van der Waals surface area contributed by atoms with Gasteiger partial charge in [-0.25, -0.2) is 0 Å². The fourth-order valence-electron chi connectivity index (χ4n) is 2.67. The van der Waals surface area contributed by atoms with Gasteiger partial charge in [0.1, 0.15) is 5.76 Å². The largest absolute Gasteiger partial charge is 0.469 e. The molecule has 0 aromatic carbocycles. The Morgan fingerprint density at radius 1 is 1.15 bits per heavy atom. The number of nitrogens with one attached hydrogen (secondary N) is 2. The van der Waals surface area contributed by atoms with Gasteiger partial charge in [0.2, 0.25) is 0 Å². The molecule has 0 aliphatic rings. The van der Waals surface area contributed by atoms with Crippen molar-refractivity contribution in [3.63, 3.8) is 0 Å². The SMILES string of the molecule is CCC(C)NC(=NCCc1ccco1)NC(C)CCCN(CC)CC.I. The second-order valence-corrected chi connectivity index (χ2v) is 6.73. The molecule has 2 N–H and O–H groups in total. The summed E-state index contributed by atoms with van der Waals surface area (Å²) in [4.78, 5) is 7.20. The highest BCUT2D eigenvalue weighted by molar-refractivity contribution is 14.0. The van der Waals surface area contributed by atoms with E-state index in [1.54, 1.807) is 6.26 Å². The van der Waals surface area contributed by atoms with Crippen LogP contribution in [0.5, 0.6) is 0 Å². The van der Waals surface area contributed by atoms with Crippen LogP contribution in [0.2, 0.25) is 0 Å². The van der Waals surface area contributed by atoms with Gasteiger partial charge in [-0.05, 0) is 64.9 Å². The van der Waals surface area contributed by atoms with E-state index < -0.39 is 0 Å². The number of guanidine groups is 1. The Morgan fingerprint density at radius 3 is 2.42 bits per heavy atom. The van der Waals surface area contributed by atoms with Crippen molar-refractivity contribution >= 4 is 29.9 Å². The van der Waals surface area contributed by atoms with Crippen molar-refractivity contribution in [2.24, 2.45) is 4.99 Å². The van der Waals surface area contributed by atoms with Crippen LogP contribution in [0.25, 0.3) is 0 Å². The summed E-state index contributed by atoms with van der Waals surface area (Å²) >= 11 is 0. The smallest absolute Gasteiger partial charge is 0.191 e. The van der Waals surface area contributed by atoms with Crippen LogP contribution in [0.15, 0.2) is 27.8 Å². The molecule has 2 unspecified atom stereocenters. The summed E-state index contributed by atoms with van der Waals surface area (Å²) < 4.78 is 5.38. The van der Waals surface area contributed by atoms with Gasteiger partial charge in [0.05, 0.1) is 6.26 Å². The van der Waals surface area contributed by atoms with E-state index in [0.717, 1.165) is 50.6 Å². The van der Waals surface area contributed by atoms with Crippen LogP contribution in [0.3, 0.4) is 0 Å². The monoisotopic (exact) mass is 478 g/mol. The zero-order chi connectivity index (χ0) is 18.5. The Morgan fingerprint density at radius 2 is 1.85 bits per heavy atom. The van der Waals surface area contributed by atoms with Gasteiger partial charge in [0.15, 0.2) is 5.96 Å². The summed E-state index contributed by atoms with van der Waals surface area (Å²) in [5, 5.41) is 7.06. The first-order valence-electron chi connectivity index (χ1n) is 9.91. The Kier molecular flexibility index (Phi) is 14.9. The van der Waals surface area contributed by atoms with E-state index in [9.17, 15) is 0 Å². The number of halogens is 1. The molecule has 1 aromatic rings. The first-order valence-corrected chi connectivity index (χ1v) is 9.91. The lowest BCUT2D eigenvalue weighted by atomic mass is 10.1. The average Bonchev–Trinajstić information content (AvgIpc) is 3.12. The predicted molar refractivity (Wildman–Crippen MR) is 123 cm³/mol. The minimum absolute atomic E-state index is 0. The van der Waals surface area contributed by atoms with Gasteiger partial charge in [-0.3, -0.25) is 4.99 Å². The van der Waals surface area contributed by atoms with Crippen LogP contribution in [-0.2, 0) is 6.42 Å². The van der Waals surface area contributed by atoms with Gasteiger partial charge < -0.3 is 20.0 Å². The summed E-state index contributed by atoms with van der Waals surface area (Å²) in [6.45, 7) is 15.2. The molecule has 0 bridgehead atoms. The second kappa shape index (κ2) is 15.3. The van der Waals surface area contributed by atoms with E-state index in [4.69, 9.17) is 9.41 Å². The van der Waals surface area contributed by atoms with Gasteiger partial charge in [-0.2, -0.15) is 0 Å². The maximum atomic E-state index is 5.38. The Balaban J connectivity index is 0.00000625. The minimum Gasteiger partial charge on any atom is -0.469 e. The summed E-state index contributed by atoms with van der Waals surface area (Å²) in [5.41, 5.74) is 0. The third-order valence-electron chi connectivity index (χ3n) is 4.59. The molecule has 0 saturated carbocycles. The first kappa shape index (κ1) is 25.2. The van der Waals surface area contributed by atoms with E-state index in [1.165, 1.54) is 13.0 Å². The fraction of sp³-hybridized carbons (Fsp3) is 0.750. The highest BCUT2D eigenvalue weighted by Crippen LogP contribution is 2.02. The topological polar surface area (TPSA) is 52.8 Å². The maximum absolute atomic E-state index is 5.38. The highest BCUT2D eigenvalue weighted by atomic mass is 127. The van der Waals surface area contributed by atoms with Gasteiger partial charge in [-0.15, -0.1) is 24.0 Å². The molecule has 0 aliphatic carbocycles. The van der Waals surface area contributed by atoms with Gasteiger partial charge in [0, 0.05) is 25.0 Å². The summed E-state index contributed by atoms with van der Waals surface area (Å²) in [5.74, 6) is 1.90. The molecule has 1 aromatic heterocycles. The predicted octanol–water partition coefficient (Wildman–Crippen LogP) is 4.28. The van der Waals surface area contributed by atoms with Crippen molar-refractivity contribution in [3.8, 4) is 0 Å². The molecular formula is C20H39IN4O. The van der Waals surface area contributed by atoms with Crippen LogP contribution in [0.1, 0.15) is 59.6 Å². The van der Waals surface area contributed by atoms with Crippen molar-refractivity contribution < 1.29 is 4.42 Å². The number of furan rings is 1. The van der Waals surface area contributed by atoms with Crippen LogP contribution in [0, 0.1) is 0 Å². The maximum Gasteiger partial charge on any atom is 0.191 e. The zero-order valence-corrected chi connectivity index (χ0v) is 19.6. The molecule has 0 fully saturated rings. The number of aliphatic imine (C=N–C) groups is 1. The van der Waals surface area contributed by atoms with E-state index in [0.29, 0.717) is 12.1 Å². The number of hydrogen-bond donors (Lipinski definition) is 2. The van der Waals surface area contributed by atoms with Crippen LogP contribution in [0.4, 0.5) is 0 Å². The molecule has 1 heterocycles. The number of hydrogen-bond acceptors (Lipinski definition) is 3. The van der Waals surface area contributed by atoms with Crippen molar-refractivity contribution in [1.82, 2.24) is 15.5 Å². The zero-order valence-electron chi connectivity index (χ0n) is 17.3. The number of rotatable bonds is 12. The molecular weight excluding hydrogens is 439 g/mol. The lowest BCUT2D eigenvalue weighted by Gasteiger charge is -2.23. The molecule has 0 radical (unpaired) electrons. The summed E-state index contributed by atoms with van der Waals surface area (Å²) in [6.07, 6.45) is 5.98. The molecule has 0 aliphatic heterocycles. The lowest BCUT2D eigenvalue weighted by molar-refractivity contribution is 0.292. The molecule has 6 heteroatoms. The molecule has 5 nitrogen and oxygen atoms in total. The molecule has 0 amide bonds. The summed E-state index contributed by atoms with van der Waals surface area (Å²) in [6, 6.07) is 4.75. The second-order valence-electron chi connectivity index (χ2n) is 6.73. The third-order valence-corrected chi connectivity index (χ3v) is 4.59. The van der Waals surface area contributed by atoms with Crippen molar-refractivity contribution in [3.05, 3.63) is 24.2 Å². The first-order chi connectivity index (χ1) is 12.1. The molecule has 152 valence electrons. The van der Waals surface area contributed by atoms with E-state index in [-0.39, 0.29) is 24.0 Å². The number of nitrogens with zero attached hydrogens (tertiary/aromatic N) is 2. The minimum atomic E-state index is 0. The van der Waals surface area contributed by atoms with Crippen molar-refractivity contribution in [1.29, 1.82) is 0 Å². The molecule has 0 saturated heterocycles. The average molecular weight is 478 g/mol. The van der Waals surface area contributed by atoms with E-state index >= 15 is 0 Å². The normalized spacial score (nSPS) is 14.0. The quantitative estimate of drug-likeness (QED) is 0.268. The van der Waals surface area contributed by atoms with E-state index in [2.05, 4.69) is 50.2 Å². The van der Waals surface area contributed by atoms with Crippen molar-refractivity contribution in [2.75, 3.05) is 26.2 Å². The van der Waals surface area contributed by atoms with Crippen LogP contribution < -0.4 is 10.6 Å². The molecule has 26 heavy (non-hydrogen) atoms. The van der Waals surface area contributed by atoms with Crippen molar-refractivity contribution in [2.45, 2.75) is 72.4 Å². The molecule has 2 atom stereocenters. The molecule has 0 spiro atoms. The van der Waals surface area contributed by atoms with Gasteiger partial charge in [-0.1, -0.05) is 20.8 Å². The van der Waals surface area contributed by atoms with Crippen LogP contribution in [-0.4, -0.2) is 49.1 Å². The highest BCUT2D eigenvalue weighted by Gasteiger charge is 2.09. The molecule has 1 rings (SSSR count). The van der Waals surface area contributed by atoms with Crippen LogP contribution >= 0.6 is 24.0 Å².